The molecule has 2 aromatic carbocycles. The van der Waals surface area contributed by atoms with Crippen molar-refractivity contribution in [3.8, 4) is 5.75 Å². The van der Waals surface area contributed by atoms with Crippen LogP contribution in [0.5, 0.6) is 5.75 Å². The molecule has 5 heteroatoms. The van der Waals surface area contributed by atoms with E-state index in [9.17, 15) is 4.79 Å². The zero-order chi connectivity index (χ0) is 21.3. The van der Waals surface area contributed by atoms with Crippen LogP contribution in [-0.4, -0.2) is 31.0 Å². The van der Waals surface area contributed by atoms with E-state index in [1.165, 1.54) is 5.56 Å². The highest BCUT2D eigenvalue weighted by Gasteiger charge is 2.16. The van der Waals surface area contributed by atoms with E-state index >= 15 is 0 Å². The third-order valence-electron chi connectivity index (χ3n) is 4.16. The summed E-state index contributed by atoms with van der Waals surface area (Å²) in [7, 11) is 0. The number of anilines is 1. The highest BCUT2D eigenvalue weighted by molar-refractivity contribution is 5.84. The Morgan fingerprint density at radius 1 is 1.00 bits per heavy atom. The number of benzene rings is 2. The maximum absolute atomic E-state index is 11.8. The van der Waals surface area contributed by atoms with Crippen molar-refractivity contribution < 1.29 is 19.0 Å². The smallest absolute Gasteiger partial charge is 0.412 e. The zero-order valence-corrected chi connectivity index (χ0v) is 18.2. The predicted molar refractivity (Wildman–Crippen MR) is 117 cm³/mol. The lowest BCUT2D eigenvalue weighted by molar-refractivity contribution is 0.0635. The fraction of sp³-hybridized carbons (Fsp3) is 0.458. The Morgan fingerprint density at radius 3 is 2.21 bits per heavy atom. The predicted octanol–water partition coefficient (Wildman–Crippen LogP) is 5.62. The second-order valence-corrected chi connectivity index (χ2v) is 8.04. The molecule has 1 amide bonds. The van der Waals surface area contributed by atoms with Gasteiger partial charge in [-0.1, -0.05) is 24.3 Å². The van der Waals surface area contributed by atoms with Gasteiger partial charge < -0.3 is 14.2 Å². The van der Waals surface area contributed by atoms with Gasteiger partial charge in [0, 0.05) is 18.7 Å². The Balaban J connectivity index is 1.75. The summed E-state index contributed by atoms with van der Waals surface area (Å²) in [5.41, 5.74) is 2.58. The number of hydrogen-bond donors (Lipinski definition) is 1. The van der Waals surface area contributed by atoms with Gasteiger partial charge >= 0.3 is 6.09 Å². The summed E-state index contributed by atoms with van der Waals surface area (Å²) in [5.74, 6) is 0.862. The average Bonchev–Trinajstić information content (AvgIpc) is 2.63. The van der Waals surface area contributed by atoms with E-state index in [-0.39, 0.29) is 6.10 Å². The van der Waals surface area contributed by atoms with Crippen LogP contribution < -0.4 is 10.1 Å². The van der Waals surface area contributed by atoms with Gasteiger partial charge in [0.15, 0.2) is 0 Å². The Hall–Kier alpha value is -2.53. The second-order valence-electron chi connectivity index (χ2n) is 8.04. The average molecular weight is 400 g/mol. The van der Waals surface area contributed by atoms with Crippen LogP contribution in [0.15, 0.2) is 48.5 Å². The number of carbonyl (C=O) groups excluding carboxylic acids is 1. The van der Waals surface area contributed by atoms with Crippen molar-refractivity contribution in [1.29, 1.82) is 0 Å². The second kappa shape index (κ2) is 10.9. The molecule has 29 heavy (non-hydrogen) atoms. The molecule has 0 spiro atoms. The lowest BCUT2D eigenvalue weighted by Gasteiger charge is -2.19. The molecule has 1 atom stereocenters. The molecular weight excluding hydrogens is 366 g/mol. The van der Waals surface area contributed by atoms with Crippen LogP contribution in [0.25, 0.3) is 0 Å². The third kappa shape index (κ3) is 9.01. The first-order valence-corrected chi connectivity index (χ1v) is 10.2. The summed E-state index contributed by atoms with van der Waals surface area (Å²) in [4.78, 5) is 11.8. The van der Waals surface area contributed by atoms with E-state index in [0.717, 1.165) is 30.8 Å². The summed E-state index contributed by atoms with van der Waals surface area (Å²) < 4.78 is 16.7. The quantitative estimate of drug-likeness (QED) is 0.594. The topological polar surface area (TPSA) is 56.8 Å². The molecular formula is C24H33NO4. The lowest BCUT2D eigenvalue weighted by atomic mass is 10.1. The fourth-order valence-electron chi connectivity index (χ4n) is 2.86. The maximum Gasteiger partial charge on any atom is 0.412 e. The van der Waals surface area contributed by atoms with Crippen molar-refractivity contribution in [2.75, 3.05) is 18.5 Å². The molecule has 0 fully saturated rings. The Morgan fingerprint density at radius 2 is 1.62 bits per heavy atom. The van der Waals surface area contributed by atoms with Crippen LogP contribution in [0, 0.1) is 0 Å². The normalized spacial score (nSPS) is 12.3. The zero-order valence-electron chi connectivity index (χ0n) is 18.2. The van der Waals surface area contributed by atoms with Crippen LogP contribution in [0.3, 0.4) is 0 Å². The van der Waals surface area contributed by atoms with Crippen LogP contribution >= 0.6 is 0 Å². The summed E-state index contributed by atoms with van der Waals surface area (Å²) in [6.45, 7) is 10.9. The summed E-state index contributed by atoms with van der Waals surface area (Å²) in [6.07, 6.45) is 1.46. The molecule has 1 unspecified atom stereocenters. The minimum absolute atomic E-state index is 0.222. The number of amides is 1. The standard InChI is InChI=1S/C24H33NO4/c1-6-27-18(2)17-20-9-13-22(14-10-20)28-16-15-19-7-11-21(12-8-19)25-23(26)29-24(3,4)5/h7-14,18H,6,15-17H2,1-5H3,(H,25,26). The Kier molecular flexibility index (Phi) is 8.52. The third-order valence-corrected chi connectivity index (χ3v) is 4.16. The van der Waals surface area contributed by atoms with Gasteiger partial charge in [-0.05, 0) is 76.4 Å². The molecule has 5 nitrogen and oxygen atoms in total. The molecule has 158 valence electrons. The maximum atomic E-state index is 11.8. The molecule has 0 saturated heterocycles. The van der Waals surface area contributed by atoms with Crippen LogP contribution in [0.1, 0.15) is 45.7 Å². The molecule has 0 saturated carbocycles. The number of carbonyl (C=O) groups is 1. The SMILES string of the molecule is CCOC(C)Cc1ccc(OCCc2ccc(NC(=O)OC(C)(C)C)cc2)cc1. The van der Waals surface area contributed by atoms with Gasteiger partial charge in [0.1, 0.15) is 11.4 Å². The first-order chi connectivity index (χ1) is 13.7. The first kappa shape index (κ1) is 22.8. The molecule has 0 radical (unpaired) electrons. The fourth-order valence-corrected chi connectivity index (χ4v) is 2.86. The molecule has 0 aliphatic carbocycles. The van der Waals surface area contributed by atoms with Crippen molar-refractivity contribution in [3.05, 3.63) is 59.7 Å². The van der Waals surface area contributed by atoms with Gasteiger partial charge in [-0.3, -0.25) is 5.32 Å². The summed E-state index contributed by atoms with van der Waals surface area (Å²) in [6, 6.07) is 15.9. The van der Waals surface area contributed by atoms with E-state index < -0.39 is 11.7 Å². The van der Waals surface area contributed by atoms with Gasteiger partial charge in [-0.2, -0.15) is 0 Å². The molecule has 0 aliphatic heterocycles. The lowest BCUT2D eigenvalue weighted by Crippen LogP contribution is -2.27. The van der Waals surface area contributed by atoms with Gasteiger partial charge in [0.05, 0.1) is 12.7 Å². The van der Waals surface area contributed by atoms with Crippen molar-refractivity contribution in [3.63, 3.8) is 0 Å². The monoisotopic (exact) mass is 399 g/mol. The summed E-state index contributed by atoms with van der Waals surface area (Å²) in [5, 5.41) is 2.73. The van der Waals surface area contributed by atoms with E-state index in [2.05, 4.69) is 24.4 Å². The van der Waals surface area contributed by atoms with Gasteiger partial charge in [-0.15, -0.1) is 0 Å². The van der Waals surface area contributed by atoms with Crippen molar-refractivity contribution in [1.82, 2.24) is 0 Å². The summed E-state index contributed by atoms with van der Waals surface area (Å²) >= 11 is 0. The highest BCUT2D eigenvalue weighted by Crippen LogP contribution is 2.16. The number of rotatable bonds is 9. The molecule has 1 N–H and O–H groups in total. The molecule has 0 bridgehead atoms. The Labute approximate surface area is 174 Å². The van der Waals surface area contributed by atoms with Gasteiger partial charge in [0.25, 0.3) is 0 Å². The molecule has 0 aliphatic rings. The van der Waals surface area contributed by atoms with E-state index in [4.69, 9.17) is 14.2 Å². The van der Waals surface area contributed by atoms with Crippen molar-refractivity contribution >= 4 is 11.8 Å². The molecule has 2 aromatic rings. The minimum atomic E-state index is -0.513. The van der Waals surface area contributed by atoms with Crippen LogP contribution in [0.2, 0.25) is 0 Å². The number of ether oxygens (including phenoxy) is 3. The van der Waals surface area contributed by atoms with E-state index in [1.807, 2.05) is 64.1 Å². The van der Waals surface area contributed by atoms with Crippen LogP contribution in [0.4, 0.5) is 10.5 Å². The highest BCUT2D eigenvalue weighted by atomic mass is 16.6. The van der Waals surface area contributed by atoms with Crippen molar-refractivity contribution in [2.24, 2.45) is 0 Å². The molecule has 0 aromatic heterocycles. The molecule has 0 heterocycles. The molecule has 2 rings (SSSR count). The largest absolute Gasteiger partial charge is 0.493 e. The number of nitrogens with one attached hydrogen (secondary N) is 1. The van der Waals surface area contributed by atoms with Crippen LogP contribution in [-0.2, 0) is 22.3 Å². The van der Waals surface area contributed by atoms with Crippen molar-refractivity contribution in [2.45, 2.75) is 59.2 Å². The first-order valence-electron chi connectivity index (χ1n) is 10.2. The van der Waals surface area contributed by atoms with E-state index in [0.29, 0.717) is 12.3 Å². The minimum Gasteiger partial charge on any atom is -0.493 e. The van der Waals surface area contributed by atoms with Gasteiger partial charge in [0.2, 0.25) is 0 Å². The Bertz CT molecular complexity index is 748. The van der Waals surface area contributed by atoms with Gasteiger partial charge in [-0.25, -0.2) is 4.79 Å². The van der Waals surface area contributed by atoms with E-state index in [1.54, 1.807) is 0 Å². The number of hydrogen-bond acceptors (Lipinski definition) is 4.